The standard InChI is InChI=1S/C14H20N2/c15-13(9-10-5-3-4-8-16-10)14-11-6-1-2-7-12(11)14/h3-5,8,11-14H,1-2,6-7,9,15H2. The molecule has 2 aliphatic carbocycles. The highest BCUT2D eigenvalue weighted by molar-refractivity contribution is 5.10. The molecule has 2 heteroatoms. The summed E-state index contributed by atoms with van der Waals surface area (Å²) in [7, 11) is 0. The van der Waals surface area contributed by atoms with Gasteiger partial charge in [-0.25, -0.2) is 0 Å². The molecule has 2 aliphatic rings. The third-order valence-electron chi connectivity index (χ3n) is 4.39. The van der Waals surface area contributed by atoms with Crippen molar-refractivity contribution in [2.75, 3.05) is 0 Å². The number of aromatic nitrogens is 1. The molecule has 16 heavy (non-hydrogen) atoms. The summed E-state index contributed by atoms with van der Waals surface area (Å²) in [5.41, 5.74) is 7.48. The molecule has 0 spiro atoms. The van der Waals surface area contributed by atoms with E-state index in [4.69, 9.17) is 5.73 Å². The minimum atomic E-state index is 0.336. The van der Waals surface area contributed by atoms with Crippen molar-refractivity contribution in [2.24, 2.45) is 23.5 Å². The Morgan fingerprint density at radius 3 is 2.62 bits per heavy atom. The van der Waals surface area contributed by atoms with Crippen LogP contribution in [0.2, 0.25) is 0 Å². The van der Waals surface area contributed by atoms with Crippen molar-refractivity contribution in [1.29, 1.82) is 0 Å². The zero-order chi connectivity index (χ0) is 11.0. The van der Waals surface area contributed by atoms with Gasteiger partial charge in [0.15, 0.2) is 0 Å². The number of hydrogen-bond acceptors (Lipinski definition) is 2. The van der Waals surface area contributed by atoms with E-state index in [0.29, 0.717) is 6.04 Å². The van der Waals surface area contributed by atoms with Crippen LogP contribution in [0.1, 0.15) is 31.4 Å². The van der Waals surface area contributed by atoms with Gasteiger partial charge in [0.25, 0.3) is 0 Å². The topological polar surface area (TPSA) is 38.9 Å². The molecule has 0 bridgehead atoms. The highest BCUT2D eigenvalue weighted by atomic mass is 14.8. The molecule has 3 rings (SSSR count). The fourth-order valence-corrected chi connectivity index (χ4v) is 3.58. The molecule has 86 valence electrons. The van der Waals surface area contributed by atoms with Crippen molar-refractivity contribution in [2.45, 2.75) is 38.1 Å². The average Bonchev–Trinajstić information content (AvgIpc) is 3.04. The Bertz CT molecular complexity index is 337. The quantitative estimate of drug-likeness (QED) is 0.842. The van der Waals surface area contributed by atoms with Crippen LogP contribution in [-0.4, -0.2) is 11.0 Å². The molecule has 0 aromatic carbocycles. The predicted molar refractivity (Wildman–Crippen MR) is 64.9 cm³/mol. The van der Waals surface area contributed by atoms with Crippen LogP contribution in [0.25, 0.3) is 0 Å². The molecule has 1 heterocycles. The van der Waals surface area contributed by atoms with Crippen LogP contribution in [0.3, 0.4) is 0 Å². The molecule has 0 amide bonds. The number of hydrogen-bond donors (Lipinski definition) is 1. The van der Waals surface area contributed by atoms with E-state index in [0.717, 1.165) is 29.9 Å². The first kappa shape index (κ1) is 10.3. The maximum atomic E-state index is 6.33. The van der Waals surface area contributed by atoms with Crippen LogP contribution in [0.15, 0.2) is 24.4 Å². The van der Waals surface area contributed by atoms with Crippen LogP contribution in [0, 0.1) is 17.8 Å². The fourth-order valence-electron chi connectivity index (χ4n) is 3.58. The lowest BCUT2D eigenvalue weighted by molar-refractivity contribution is 0.480. The third kappa shape index (κ3) is 1.86. The van der Waals surface area contributed by atoms with Crippen molar-refractivity contribution in [3.8, 4) is 0 Å². The second-order valence-electron chi connectivity index (χ2n) is 5.38. The molecule has 3 unspecified atom stereocenters. The van der Waals surface area contributed by atoms with E-state index in [1.54, 1.807) is 0 Å². The summed E-state index contributed by atoms with van der Waals surface area (Å²) < 4.78 is 0. The summed E-state index contributed by atoms with van der Waals surface area (Å²) in [6.07, 6.45) is 8.51. The monoisotopic (exact) mass is 216 g/mol. The maximum absolute atomic E-state index is 6.33. The lowest BCUT2D eigenvalue weighted by atomic mass is 10.0. The van der Waals surface area contributed by atoms with Crippen molar-refractivity contribution in [3.05, 3.63) is 30.1 Å². The van der Waals surface area contributed by atoms with Gasteiger partial charge in [0.2, 0.25) is 0 Å². The van der Waals surface area contributed by atoms with Crippen molar-refractivity contribution in [3.63, 3.8) is 0 Å². The summed E-state index contributed by atoms with van der Waals surface area (Å²) in [5, 5.41) is 0. The summed E-state index contributed by atoms with van der Waals surface area (Å²) in [4.78, 5) is 4.37. The molecule has 2 nitrogen and oxygen atoms in total. The van der Waals surface area contributed by atoms with Gasteiger partial charge in [-0.15, -0.1) is 0 Å². The van der Waals surface area contributed by atoms with Gasteiger partial charge < -0.3 is 5.73 Å². The molecule has 2 saturated carbocycles. The molecule has 1 aromatic rings. The minimum Gasteiger partial charge on any atom is -0.327 e. The number of nitrogens with zero attached hydrogens (tertiary/aromatic N) is 1. The molecule has 2 fully saturated rings. The van der Waals surface area contributed by atoms with E-state index in [-0.39, 0.29) is 0 Å². The van der Waals surface area contributed by atoms with Crippen molar-refractivity contribution < 1.29 is 0 Å². The van der Waals surface area contributed by atoms with E-state index in [1.807, 2.05) is 12.3 Å². The van der Waals surface area contributed by atoms with Gasteiger partial charge in [0.1, 0.15) is 0 Å². The second kappa shape index (κ2) is 4.17. The fraction of sp³-hybridized carbons (Fsp3) is 0.643. The highest BCUT2D eigenvalue weighted by Crippen LogP contribution is 2.56. The summed E-state index contributed by atoms with van der Waals surface area (Å²) >= 11 is 0. The Morgan fingerprint density at radius 1 is 1.25 bits per heavy atom. The second-order valence-corrected chi connectivity index (χ2v) is 5.38. The van der Waals surface area contributed by atoms with E-state index in [1.165, 1.54) is 25.7 Å². The van der Waals surface area contributed by atoms with Crippen LogP contribution >= 0.6 is 0 Å². The van der Waals surface area contributed by atoms with Crippen LogP contribution < -0.4 is 5.73 Å². The molecule has 2 N–H and O–H groups in total. The first-order chi connectivity index (χ1) is 7.86. The van der Waals surface area contributed by atoms with E-state index in [9.17, 15) is 0 Å². The van der Waals surface area contributed by atoms with Crippen LogP contribution in [0.5, 0.6) is 0 Å². The smallest absolute Gasteiger partial charge is 0.0419 e. The Morgan fingerprint density at radius 2 is 2.00 bits per heavy atom. The zero-order valence-electron chi connectivity index (χ0n) is 9.68. The maximum Gasteiger partial charge on any atom is 0.0419 e. The van der Waals surface area contributed by atoms with Crippen LogP contribution in [0.4, 0.5) is 0 Å². The molecular weight excluding hydrogens is 196 g/mol. The van der Waals surface area contributed by atoms with Gasteiger partial charge >= 0.3 is 0 Å². The van der Waals surface area contributed by atoms with Gasteiger partial charge in [-0.1, -0.05) is 18.9 Å². The molecule has 0 aliphatic heterocycles. The Balaban J connectivity index is 1.60. The largest absolute Gasteiger partial charge is 0.327 e. The average molecular weight is 216 g/mol. The first-order valence-electron chi connectivity index (χ1n) is 6.52. The molecular formula is C14H20N2. The summed E-state index contributed by atoms with van der Waals surface area (Å²) in [6.45, 7) is 0. The lowest BCUT2D eigenvalue weighted by Gasteiger charge is -2.10. The van der Waals surface area contributed by atoms with E-state index < -0.39 is 0 Å². The van der Waals surface area contributed by atoms with Crippen LogP contribution in [-0.2, 0) is 6.42 Å². The number of nitrogens with two attached hydrogens (primary N) is 1. The van der Waals surface area contributed by atoms with Gasteiger partial charge in [-0.2, -0.15) is 0 Å². The number of rotatable bonds is 3. The molecule has 0 radical (unpaired) electrons. The summed E-state index contributed by atoms with van der Waals surface area (Å²) in [6, 6.07) is 6.44. The van der Waals surface area contributed by atoms with E-state index in [2.05, 4.69) is 17.1 Å². The SMILES string of the molecule is NC(Cc1ccccn1)C1C2CCCCC21. The van der Waals surface area contributed by atoms with Crippen molar-refractivity contribution in [1.82, 2.24) is 4.98 Å². The Labute approximate surface area is 97.3 Å². The minimum absolute atomic E-state index is 0.336. The third-order valence-corrected chi connectivity index (χ3v) is 4.39. The lowest BCUT2D eigenvalue weighted by Crippen LogP contribution is -2.27. The summed E-state index contributed by atoms with van der Waals surface area (Å²) in [5.74, 6) is 2.70. The molecule has 1 aromatic heterocycles. The molecule has 0 saturated heterocycles. The van der Waals surface area contributed by atoms with Crippen molar-refractivity contribution >= 4 is 0 Å². The van der Waals surface area contributed by atoms with Gasteiger partial charge in [0.05, 0.1) is 0 Å². The zero-order valence-corrected chi connectivity index (χ0v) is 9.68. The Hall–Kier alpha value is -0.890. The predicted octanol–water partition coefficient (Wildman–Crippen LogP) is 2.39. The van der Waals surface area contributed by atoms with E-state index >= 15 is 0 Å². The Kier molecular flexibility index (Phi) is 2.68. The van der Waals surface area contributed by atoms with Gasteiger partial charge in [-0.3, -0.25) is 4.98 Å². The first-order valence-corrected chi connectivity index (χ1v) is 6.52. The highest BCUT2D eigenvalue weighted by Gasteiger charge is 2.52. The number of fused-ring (bicyclic) bond motifs is 1. The molecule has 3 atom stereocenters. The number of pyridine rings is 1. The van der Waals surface area contributed by atoms with Gasteiger partial charge in [0, 0.05) is 24.4 Å². The normalized spacial score (nSPS) is 34.2. The van der Waals surface area contributed by atoms with Gasteiger partial charge in [-0.05, 0) is 42.7 Å².